The molecule has 0 rings (SSSR count). The molecule has 0 aromatic heterocycles. The molecule has 0 aliphatic carbocycles. The van der Waals surface area contributed by atoms with Crippen LogP contribution in [0.1, 0.15) is 187 Å². The van der Waals surface area contributed by atoms with Crippen LogP contribution in [0.3, 0.4) is 0 Å². The summed E-state index contributed by atoms with van der Waals surface area (Å²) in [6.45, 7) is 2.69. The molecule has 0 fully saturated rings. The molecule has 0 radical (unpaired) electrons. The molecular weight excluding hydrogens is 697 g/mol. The number of rotatable bonds is 39. The Balaban J connectivity index is 4.48. The molecule has 310 valence electrons. The number of nitrogens with two attached hydrogens (primary N) is 1. The Morgan fingerprint density at radius 3 is 1.53 bits per heavy atom. The summed E-state index contributed by atoms with van der Waals surface area (Å²) in [5.74, 6) is -2.63. The summed E-state index contributed by atoms with van der Waals surface area (Å²) in [7, 11) is -4.73. The van der Waals surface area contributed by atoms with E-state index in [4.69, 9.17) is 24.8 Å². The van der Waals surface area contributed by atoms with Gasteiger partial charge in [0.2, 0.25) is 0 Å². The second-order valence-corrected chi connectivity index (χ2v) is 15.7. The van der Waals surface area contributed by atoms with Crippen molar-refractivity contribution in [1.29, 1.82) is 0 Å². The zero-order valence-electron chi connectivity index (χ0n) is 33.4. The van der Waals surface area contributed by atoms with E-state index in [9.17, 15) is 23.8 Å². The van der Waals surface area contributed by atoms with Crippen molar-refractivity contribution in [3.05, 3.63) is 24.3 Å². The molecule has 0 bridgehead atoms. The molecule has 0 aliphatic rings. The highest BCUT2D eigenvalue weighted by molar-refractivity contribution is 7.47. The maximum Gasteiger partial charge on any atom is 0.472 e. The van der Waals surface area contributed by atoms with E-state index in [0.29, 0.717) is 6.42 Å². The fraction of sp³-hybridized carbons (Fsp3) is 0.829. The first-order valence-electron chi connectivity index (χ1n) is 20.9. The molecule has 0 aromatic rings. The number of phosphoric ester groups is 1. The maximum absolute atomic E-state index is 12.5. The van der Waals surface area contributed by atoms with Crippen LogP contribution < -0.4 is 5.73 Å². The van der Waals surface area contributed by atoms with Crippen LogP contribution in [0.2, 0.25) is 0 Å². The number of carboxylic acid groups (broad SMARTS) is 1. The number of esters is 2. The van der Waals surface area contributed by atoms with E-state index in [1.54, 1.807) is 12.2 Å². The largest absolute Gasteiger partial charge is 0.480 e. The number of hydrogen-bond acceptors (Lipinski definition) is 9. The van der Waals surface area contributed by atoms with Crippen LogP contribution in [0.4, 0.5) is 0 Å². The molecule has 0 spiro atoms. The van der Waals surface area contributed by atoms with Gasteiger partial charge >= 0.3 is 25.7 Å². The van der Waals surface area contributed by atoms with Crippen LogP contribution in [0.15, 0.2) is 24.3 Å². The van der Waals surface area contributed by atoms with Crippen LogP contribution in [-0.2, 0) is 37.5 Å². The number of carboxylic acids is 1. The molecule has 0 saturated carbocycles. The monoisotopic (exact) mass is 774 g/mol. The molecule has 1 unspecified atom stereocenters. The lowest BCUT2D eigenvalue weighted by Crippen LogP contribution is -2.34. The first kappa shape index (κ1) is 51.0. The lowest BCUT2D eigenvalue weighted by atomic mass is 10.0. The van der Waals surface area contributed by atoms with E-state index in [1.165, 1.54) is 134 Å². The van der Waals surface area contributed by atoms with Crippen molar-refractivity contribution in [3.63, 3.8) is 0 Å². The molecule has 11 nitrogen and oxygen atoms in total. The van der Waals surface area contributed by atoms with Gasteiger partial charge in [-0.25, -0.2) is 9.36 Å². The minimum absolute atomic E-state index is 0.206. The third-order valence-electron chi connectivity index (χ3n) is 9.06. The number of hydrogen-bond donors (Lipinski definition) is 3. The van der Waals surface area contributed by atoms with Gasteiger partial charge in [0.05, 0.1) is 13.2 Å². The second kappa shape index (κ2) is 36.9. The Bertz CT molecular complexity index is 1010. The first-order valence-corrected chi connectivity index (χ1v) is 22.4. The summed E-state index contributed by atoms with van der Waals surface area (Å²) in [6.07, 6.45) is 37.4. The van der Waals surface area contributed by atoms with E-state index in [-0.39, 0.29) is 13.0 Å². The number of aliphatic carboxylic acids is 1. The van der Waals surface area contributed by atoms with Crippen LogP contribution in [0.25, 0.3) is 0 Å². The molecule has 0 aliphatic heterocycles. The van der Waals surface area contributed by atoms with Crippen molar-refractivity contribution in [1.82, 2.24) is 0 Å². The molecule has 12 heteroatoms. The molecule has 4 N–H and O–H groups in total. The van der Waals surface area contributed by atoms with Crippen molar-refractivity contribution < 1.29 is 47.5 Å². The molecule has 53 heavy (non-hydrogen) atoms. The Morgan fingerprint density at radius 1 is 0.623 bits per heavy atom. The summed E-state index contributed by atoms with van der Waals surface area (Å²) in [4.78, 5) is 45.7. The van der Waals surface area contributed by atoms with E-state index >= 15 is 0 Å². The maximum atomic E-state index is 12.5. The zero-order valence-corrected chi connectivity index (χ0v) is 34.3. The van der Waals surface area contributed by atoms with E-state index in [1.807, 2.05) is 6.08 Å². The Kier molecular flexibility index (Phi) is 35.5. The van der Waals surface area contributed by atoms with Gasteiger partial charge in [0.15, 0.2) is 6.10 Å². The number of phosphoric acid groups is 1. The highest BCUT2D eigenvalue weighted by Crippen LogP contribution is 2.43. The summed E-state index contributed by atoms with van der Waals surface area (Å²) in [6, 6.07) is -1.53. The average Bonchev–Trinajstić information content (AvgIpc) is 3.13. The van der Waals surface area contributed by atoms with Gasteiger partial charge in [-0.3, -0.25) is 18.6 Å². The average molecular weight is 774 g/mol. The van der Waals surface area contributed by atoms with Gasteiger partial charge in [0.25, 0.3) is 0 Å². The molecule has 0 heterocycles. The van der Waals surface area contributed by atoms with Crippen molar-refractivity contribution >= 4 is 25.7 Å². The van der Waals surface area contributed by atoms with Crippen LogP contribution in [-0.4, -0.2) is 59.9 Å². The zero-order chi connectivity index (χ0) is 39.3. The minimum atomic E-state index is -4.73. The third-order valence-corrected chi connectivity index (χ3v) is 10.0. The van der Waals surface area contributed by atoms with Gasteiger partial charge in [-0.1, -0.05) is 180 Å². The van der Waals surface area contributed by atoms with Crippen molar-refractivity contribution in [2.75, 3.05) is 19.8 Å². The Labute approximate surface area is 321 Å². The smallest absolute Gasteiger partial charge is 0.472 e. The fourth-order valence-electron chi connectivity index (χ4n) is 5.74. The highest BCUT2D eigenvalue weighted by Gasteiger charge is 2.27. The number of allylic oxidation sites excluding steroid dienone is 3. The number of ether oxygens (including phenoxy) is 2. The van der Waals surface area contributed by atoms with Crippen molar-refractivity contribution in [3.8, 4) is 0 Å². The Hall–Kier alpha value is -2.04. The number of unbranched alkanes of at least 4 members (excludes halogenated alkanes) is 24. The fourth-order valence-corrected chi connectivity index (χ4v) is 6.52. The lowest BCUT2D eigenvalue weighted by Gasteiger charge is -2.19. The predicted octanol–water partition coefficient (Wildman–Crippen LogP) is 10.7. The summed E-state index contributed by atoms with van der Waals surface area (Å²) < 4.78 is 32.4. The molecule has 0 amide bonds. The van der Waals surface area contributed by atoms with E-state index in [0.717, 1.165) is 32.1 Å². The normalized spacial score (nSPS) is 14.0. The quantitative estimate of drug-likeness (QED) is 0.0178. The van der Waals surface area contributed by atoms with Crippen molar-refractivity contribution in [2.24, 2.45) is 5.73 Å². The standard InChI is InChI=1S/C41H76NO10P/c1-3-5-7-9-11-13-15-17-19-21-23-25-27-29-31-33-40(44)52-37(35-50-53(47,48)51-36-38(42)41(45)46)34-49-39(43)32-30-28-26-24-22-20-18-16-14-12-10-8-6-4-2/h27,29,31,33,37-38H,3-26,28,30,32,34-36,42H2,1-2H3,(H,45,46)(H,47,48)/b29-27+,33-31+/t37-,38+/m1/s1. The number of carbonyl (C=O) groups excluding carboxylic acids is 2. The number of carbonyl (C=O) groups is 3. The summed E-state index contributed by atoms with van der Waals surface area (Å²) >= 11 is 0. The predicted molar refractivity (Wildman–Crippen MR) is 212 cm³/mol. The van der Waals surface area contributed by atoms with Crippen LogP contribution in [0, 0.1) is 0 Å². The minimum Gasteiger partial charge on any atom is -0.480 e. The topological polar surface area (TPSA) is 172 Å². The van der Waals surface area contributed by atoms with Crippen LogP contribution >= 0.6 is 7.82 Å². The summed E-state index contributed by atoms with van der Waals surface area (Å²) in [5.41, 5.74) is 5.32. The SMILES string of the molecule is CCCCCCCCCCCCC/C=C/C=C/C(=O)O[C@H](COC(=O)CCCCCCCCCCCCCCCC)COP(=O)(O)OC[C@H](N)C(=O)O. The first-order chi connectivity index (χ1) is 25.6. The van der Waals surface area contributed by atoms with Gasteiger partial charge in [0.1, 0.15) is 12.6 Å². The van der Waals surface area contributed by atoms with Gasteiger partial charge in [-0.2, -0.15) is 0 Å². The van der Waals surface area contributed by atoms with Gasteiger partial charge in [0, 0.05) is 12.5 Å². The van der Waals surface area contributed by atoms with Crippen molar-refractivity contribution in [2.45, 2.75) is 199 Å². The van der Waals surface area contributed by atoms with Crippen LogP contribution in [0.5, 0.6) is 0 Å². The van der Waals surface area contributed by atoms with Gasteiger partial charge in [-0.15, -0.1) is 0 Å². The van der Waals surface area contributed by atoms with E-state index < -0.39 is 51.1 Å². The van der Waals surface area contributed by atoms with E-state index in [2.05, 4.69) is 18.4 Å². The summed E-state index contributed by atoms with van der Waals surface area (Å²) in [5, 5.41) is 8.87. The Morgan fingerprint density at radius 2 is 1.06 bits per heavy atom. The van der Waals surface area contributed by atoms with Gasteiger partial charge < -0.3 is 25.2 Å². The molecule has 0 aromatic carbocycles. The lowest BCUT2D eigenvalue weighted by molar-refractivity contribution is -0.157. The highest BCUT2D eigenvalue weighted by atomic mass is 31.2. The molecule has 0 saturated heterocycles. The van der Waals surface area contributed by atoms with Gasteiger partial charge in [-0.05, 0) is 19.3 Å². The molecule has 3 atom stereocenters. The third kappa shape index (κ3) is 36.7. The molecular formula is C41H76NO10P. The second-order valence-electron chi connectivity index (χ2n) is 14.2.